The second-order valence-electron chi connectivity index (χ2n) is 7.98. The van der Waals surface area contributed by atoms with E-state index in [4.69, 9.17) is 11.6 Å². The Bertz CT molecular complexity index is 554. The van der Waals surface area contributed by atoms with E-state index >= 15 is 0 Å². The molecule has 5 rings (SSSR count). The van der Waals surface area contributed by atoms with E-state index in [0.29, 0.717) is 16.2 Å². The van der Waals surface area contributed by atoms with Crippen LogP contribution in [0, 0.1) is 30.1 Å². The molecule has 0 atom stereocenters. The number of aryl methyl sites for hydroxylation is 1. The molecule has 4 bridgehead atoms. The van der Waals surface area contributed by atoms with Gasteiger partial charge in [-0.05, 0) is 80.2 Å². The van der Waals surface area contributed by atoms with Crippen molar-refractivity contribution < 1.29 is 4.79 Å². The largest absolute Gasteiger partial charge is 0.294 e. The Hall–Kier alpha value is -0.820. The van der Waals surface area contributed by atoms with Crippen molar-refractivity contribution in [2.24, 2.45) is 23.2 Å². The van der Waals surface area contributed by atoms with Crippen LogP contribution in [0.3, 0.4) is 0 Å². The van der Waals surface area contributed by atoms with Gasteiger partial charge in [0.25, 0.3) is 0 Å². The maximum absolute atomic E-state index is 12.7. The van der Waals surface area contributed by atoms with Gasteiger partial charge in [0.1, 0.15) is 0 Å². The minimum Gasteiger partial charge on any atom is -0.294 e. The van der Waals surface area contributed by atoms with Gasteiger partial charge in [-0.2, -0.15) is 0 Å². The van der Waals surface area contributed by atoms with E-state index in [9.17, 15) is 4.79 Å². The number of hydrogen-bond donors (Lipinski definition) is 0. The van der Waals surface area contributed by atoms with Crippen LogP contribution in [0.1, 0.15) is 60.9 Å². The Balaban J connectivity index is 1.55. The fourth-order valence-corrected chi connectivity index (χ4v) is 5.90. The fraction of sp³-hybridized carbons (Fsp3) is 0.632. The molecule has 112 valence electrons. The molecule has 4 fully saturated rings. The summed E-state index contributed by atoms with van der Waals surface area (Å²) in [5.41, 5.74) is 2.17. The maximum Gasteiger partial charge on any atom is 0.163 e. The number of carbonyl (C=O) groups excluding carboxylic acids is 1. The average molecular weight is 303 g/mol. The molecule has 1 aromatic carbocycles. The molecule has 21 heavy (non-hydrogen) atoms. The van der Waals surface area contributed by atoms with Crippen LogP contribution >= 0.6 is 11.6 Å². The van der Waals surface area contributed by atoms with E-state index < -0.39 is 0 Å². The lowest BCUT2D eigenvalue weighted by Crippen LogP contribution is -2.46. The highest BCUT2D eigenvalue weighted by molar-refractivity contribution is 6.31. The quantitative estimate of drug-likeness (QED) is 0.680. The van der Waals surface area contributed by atoms with Gasteiger partial charge in [-0.1, -0.05) is 23.7 Å². The molecule has 0 aromatic heterocycles. The molecule has 4 aliphatic carbocycles. The second-order valence-corrected chi connectivity index (χ2v) is 8.39. The van der Waals surface area contributed by atoms with Crippen molar-refractivity contribution in [1.29, 1.82) is 0 Å². The van der Waals surface area contributed by atoms with Crippen molar-refractivity contribution in [1.82, 2.24) is 0 Å². The van der Waals surface area contributed by atoms with Crippen LogP contribution in [0.5, 0.6) is 0 Å². The van der Waals surface area contributed by atoms with E-state index in [2.05, 4.69) is 0 Å². The first-order chi connectivity index (χ1) is 10.0. The molecule has 0 radical (unpaired) electrons. The SMILES string of the molecule is Cc1ccc(C(=O)CC23CC4CC(CC(C4)C2)C3)cc1Cl. The topological polar surface area (TPSA) is 17.1 Å². The first-order valence-corrected chi connectivity index (χ1v) is 8.70. The first-order valence-electron chi connectivity index (χ1n) is 8.32. The summed E-state index contributed by atoms with van der Waals surface area (Å²) in [4.78, 5) is 12.7. The number of carbonyl (C=O) groups is 1. The van der Waals surface area contributed by atoms with Crippen molar-refractivity contribution in [3.63, 3.8) is 0 Å². The zero-order chi connectivity index (χ0) is 14.6. The predicted molar refractivity (Wildman–Crippen MR) is 85.7 cm³/mol. The lowest BCUT2D eigenvalue weighted by Gasteiger charge is -2.56. The second kappa shape index (κ2) is 4.84. The summed E-state index contributed by atoms with van der Waals surface area (Å²) in [7, 11) is 0. The summed E-state index contributed by atoms with van der Waals surface area (Å²) in [5, 5.41) is 0.714. The molecule has 4 aliphatic rings. The highest BCUT2D eigenvalue weighted by atomic mass is 35.5. The van der Waals surface area contributed by atoms with Gasteiger partial charge in [0.15, 0.2) is 5.78 Å². The van der Waals surface area contributed by atoms with Gasteiger partial charge in [-0.3, -0.25) is 4.79 Å². The van der Waals surface area contributed by atoms with E-state index in [-0.39, 0.29) is 0 Å². The number of benzene rings is 1. The van der Waals surface area contributed by atoms with Gasteiger partial charge in [-0.15, -0.1) is 0 Å². The lowest BCUT2D eigenvalue weighted by molar-refractivity contribution is -0.0524. The first kappa shape index (κ1) is 13.8. The Kier molecular flexibility index (Phi) is 3.19. The normalized spacial score (nSPS) is 37.0. The van der Waals surface area contributed by atoms with Crippen LogP contribution in [-0.4, -0.2) is 5.78 Å². The smallest absolute Gasteiger partial charge is 0.163 e. The van der Waals surface area contributed by atoms with Gasteiger partial charge < -0.3 is 0 Å². The third-order valence-electron chi connectivity index (χ3n) is 6.19. The zero-order valence-electron chi connectivity index (χ0n) is 12.7. The van der Waals surface area contributed by atoms with Crippen molar-refractivity contribution in [3.8, 4) is 0 Å². The number of ketones is 1. The molecule has 0 unspecified atom stereocenters. The van der Waals surface area contributed by atoms with Gasteiger partial charge >= 0.3 is 0 Å². The molecule has 0 N–H and O–H groups in total. The van der Waals surface area contributed by atoms with Crippen molar-refractivity contribution >= 4 is 17.4 Å². The van der Waals surface area contributed by atoms with Crippen LogP contribution in [0.15, 0.2) is 18.2 Å². The molecule has 0 amide bonds. The molecule has 2 heteroatoms. The van der Waals surface area contributed by atoms with Crippen molar-refractivity contribution in [2.75, 3.05) is 0 Å². The number of hydrogen-bond acceptors (Lipinski definition) is 1. The Labute approximate surface area is 132 Å². The predicted octanol–water partition coefficient (Wildman–Crippen LogP) is 5.44. The van der Waals surface area contributed by atoms with Crippen LogP contribution in [-0.2, 0) is 0 Å². The summed E-state index contributed by atoms with van der Waals surface area (Å²) in [5.74, 6) is 3.03. The summed E-state index contributed by atoms with van der Waals surface area (Å²) < 4.78 is 0. The Morgan fingerprint density at radius 2 is 1.71 bits per heavy atom. The van der Waals surface area contributed by atoms with Gasteiger partial charge in [0.2, 0.25) is 0 Å². The number of Topliss-reactive ketones (excluding diaryl/α,β-unsaturated/α-hetero) is 1. The van der Waals surface area contributed by atoms with Crippen LogP contribution in [0.4, 0.5) is 0 Å². The zero-order valence-corrected chi connectivity index (χ0v) is 13.5. The van der Waals surface area contributed by atoms with E-state index in [1.165, 1.54) is 38.5 Å². The van der Waals surface area contributed by atoms with Crippen molar-refractivity contribution in [2.45, 2.75) is 51.9 Å². The summed E-state index contributed by atoms with van der Waals surface area (Å²) in [6, 6.07) is 5.78. The monoisotopic (exact) mass is 302 g/mol. The van der Waals surface area contributed by atoms with Gasteiger partial charge in [-0.25, -0.2) is 0 Å². The third-order valence-corrected chi connectivity index (χ3v) is 6.60. The van der Waals surface area contributed by atoms with E-state index in [0.717, 1.165) is 35.3 Å². The van der Waals surface area contributed by atoms with Crippen LogP contribution < -0.4 is 0 Å². The molecular weight excluding hydrogens is 280 g/mol. The molecule has 0 saturated heterocycles. The summed E-state index contributed by atoms with van der Waals surface area (Å²) >= 11 is 6.18. The summed E-state index contributed by atoms with van der Waals surface area (Å²) in [6.45, 7) is 1.98. The molecule has 1 nitrogen and oxygen atoms in total. The maximum atomic E-state index is 12.7. The van der Waals surface area contributed by atoms with Crippen molar-refractivity contribution in [3.05, 3.63) is 34.3 Å². The minimum absolute atomic E-state index is 0.304. The van der Waals surface area contributed by atoms with E-state index in [1.54, 1.807) is 0 Å². The molecule has 1 aromatic rings. The Morgan fingerprint density at radius 3 is 2.24 bits per heavy atom. The molecular formula is C19H23ClO. The molecule has 0 spiro atoms. The standard InChI is InChI=1S/C19H23ClO/c1-12-2-3-16(7-17(12)20)18(21)11-19-8-13-4-14(9-19)6-15(5-13)10-19/h2-3,7,13-15H,4-6,8-11H2,1H3. The highest BCUT2D eigenvalue weighted by Crippen LogP contribution is 2.61. The Morgan fingerprint density at radius 1 is 1.14 bits per heavy atom. The fourth-order valence-electron chi connectivity index (χ4n) is 5.72. The average Bonchev–Trinajstić information content (AvgIpc) is 2.39. The van der Waals surface area contributed by atoms with Crippen LogP contribution in [0.25, 0.3) is 0 Å². The van der Waals surface area contributed by atoms with Gasteiger partial charge in [0.05, 0.1) is 0 Å². The molecule has 0 heterocycles. The van der Waals surface area contributed by atoms with E-state index in [1.807, 2.05) is 25.1 Å². The highest BCUT2D eigenvalue weighted by Gasteiger charge is 2.51. The van der Waals surface area contributed by atoms with Crippen LogP contribution in [0.2, 0.25) is 5.02 Å². The number of halogens is 1. The minimum atomic E-state index is 0.304. The third kappa shape index (κ3) is 2.44. The lowest BCUT2D eigenvalue weighted by atomic mass is 9.48. The molecule has 0 aliphatic heterocycles. The summed E-state index contributed by atoms with van der Waals surface area (Å²) in [6.07, 6.45) is 8.94. The molecule has 4 saturated carbocycles. The van der Waals surface area contributed by atoms with Gasteiger partial charge in [0, 0.05) is 17.0 Å². The number of rotatable bonds is 3.